The second-order valence-corrected chi connectivity index (χ2v) is 6.28. The van der Waals surface area contributed by atoms with Crippen LogP contribution in [0, 0.1) is 11.3 Å². The van der Waals surface area contributed by atoms with Crippen LogP contribution < -0.4 is 4.72 Å². The van der Waals surface area contributed by atoms with Crippen LogP contribution in [0.15, 0.2) is 53.4 Å². The number of nitriles is 1. The third kappa shape index (κ3) is 3.18. The first-order chi connectivity index (χ1) is 9.56. The lowest BCUT2D eigenvalue weighted by Gasteiger charge is -2.09. The minimum absolute atomic E-state index is 0.162. The number of halogens is 1. The Hall–Kier alpha value is -1.84. The highest BCUT2D eigenvalue weighted by molar-refractivity contribution is 9.08. The van der Waals surface area contributed by atoms with Crippen LogP contribution in [0.3, 0.4) is 0 Å². The van der Waals surface area contributed by atoms with Crippen molar-refractivity contribution in [2.75, 3.05) is 4.72 Å². The Morgan fingerprint density at radius 2 is 1.75 bits per heavy atom. The molecule has 0 amide bonds. The van der Waals surface area contributed by atoms with E-state index in [1.165, 1.54) is 12.1 Å². The zero-order valence-electron chi connectivity index (χ0n) is 10.4. The van der Waals surface area contributed by atoms with Crippen molar-refractivity contribution in [1.82, 2.24) is 0 Å². The molecule has 0 fully saturated rings. The monoisotopic (exact) mass is 350 g/mol. The van der Waals surface area contributed by atoms with Gasteiger partial charge in [0.05, 0.1) is 16.1 Å². The van der Waals surface area contributed by atoms with Crippen LogP contribution in [0.2, 0.25) is 0 Å². The third-order valence-electron chi connectivity index (χ3n) is 2.68. The number of rotatable bonds is 4. The third-order valence-corrected chi connectivity index (χ3v) is 4.71. The number of sulfonamides is 1. The van der Waals surface area contributed by atoms with Crippen molar-refractivity contribution in [2.45, 2.75) is 10.2 Å². The summed E-state index contributed by atoms with van der Waals surface area (Å²) in [5.74, 6) is 0. The minimum Gasteiger partial charge on any atom is -0.278 e. The molecule has 2 aromatic rings. The first kappa shape index (κ1) is 14.6. The van der Waals surface area contributed by atoms with Gasteiger partial charge in [0, 0.05) is 5.33 Å². The van der Waals surface area contributed by atoms with E-state index in [2.05, 4.69) is 20.7 Å². The average molecular weight is 351 g/mol. The molecule has 0 heterocycles. The Labute approximate surface area is 126 Å². The van der Waals surface area contributed by atoms with Gasteiger partial charge in [0.1, 0.15) is 6.07 Å². The molecule has 0 spiro atoms. The van der Waals surface area contributed by atoms with Crippen molar-refractivity contribution >= 4 is 31.6 Å². The van der Waals surface area contributed by atoms with Crippen LogP contribution in [0.25, 0.3) is 0 Å². The number of alkyl halides is 1. The molecule has 0 unspecified atom stereocenters. The Kier molecular flexibility index (Phi) is 4.42. The van der Waals surface area contributed by atoms with Crippen LogP contribution in [0.1, 0.15) is 11.1 Å². The summed E-state index contributed by atoms with van der Waals surface area (Å²) in [4.78, 5) is 0.162. The molecule has 0 aliphatic heterocycles. The first-order valence-electron chi connectivity index (χ1n) is 5.73. The van der Waals surface area contributed by atoms with Gasteiger partial charge in [-0.2, -0.15) is 5.26 Å². The van der Waals surface area contributed by atoms with E-state index in [4.69, 9.17) is 5.26 Å². The maximum absolute atomic E-state index is 12.2. The molecule has 4 nitrogen and oxygen atoms in total. The number of nitrogens with zero attached hydrogens (tertiary/aromatic N) is 1. The number of hydrogen-bond acceptors (Lipinski definition) is 3. The lowest BCUT2D eigenvalue weighted by molar-refractivity contribution is 0.601. The molecule has 0 saturated carbocycles. The maximum Gasteiger partial charge on any atom is 0.261 e. The topological polar surface area (TPSA) is 70.0 Å². The predicted octanol–water partition coefficient (Wildman–Crippen LogP) is 3.25. The van der Waals surface area contributed by atoms with E-state index in [1.54, 1.807) is 36.4 Å². The van der Waals surface area contributed by atoms with Crippen LogP contribution in [-0.2, 0) is 15.4 Å². The van der Waals surface area contributed by atoms with Gasteiger partial charge in [-0.25, -0.2) is 8.42 Å². The van der Waals surface area contributed by atoms with Gasteiger partial charge in [0.25, 0.3) is 10.0 Å². The summed E-state index contributed by atoms with van der Waals surface area (Å²) in [5.41, 5.74) is 1.55. The molecule has 0 aliphatic carbocycles. The predicted molar refractivity (Wildman–Crippen MR) is 81.0 cm³/mol. The SMILES string of the molecule is N#Cc1ccccc1NS(=O)(=O)c1ccc(CBr)cc1. The zero-order valence-corrected chi connectivity index (χ0v) is 12.8. The lowest BCUT2D eigenvalue weighted by Crippen LogP contribution is -2.13. The number of anilines is 1. The van der Waals surface area contributed by atoms with Gasteiger partial charge in [-0.3, -0.25) is 4.72 Å². The second-order valence-electron chi connectivity index (χ2n) is 4.04. The van der Waals surface area contributed by atoms with Crippen LogP contribution in [0.5, 0.6) is 0 Å². The summed E-state index contributed by atoms with van der Waals surface area (Å²) in [6, 6.07) is 15.0. The van der Waals surface area contributed by atoms with Gasteiger partial charge in [0.15, 0.2) is 0 Å². The largest absolute Gasteiger partial charge is 0.278 e. The van der Waals surface area contributed by atoms with Crippen LogP contribution in [0.4, 0.5) is 5.69 Å². The quantitative estimate of drug-likeness (QED) is 0.860. The molecule has 0 saturated heterocycles. The highest BCUT2D eigenvalue weighted by Gasteiger charge is 2.15. The molecule has 6 heteroatoms. The molecular weight excluding hydrogens is 340 g/mol. The smallest absolute Gasteiger partial charge is 0.261 e. The molecular formula is C14H11BrN2O2S. The van der Waals surface area contributed by atoms with E-state index in [9.17, 15) is 8.42 Å². The van der Waals surface area contributed by atoms with E-state index in [1.807, 2.05) is 6.07 Å². The molecule has 0 atom stereocenters. The normalized spacial score (nSPS) is 10.8. The molecule has 0 radical (unpaired) electrons. The molecule has 20 heavy (non-hydrogen) atoms. The Morgan fingerprint density at radius 1 is 1.10 bits per heavy atom. The summed E-state index contributed by atoms with van der Waals surface area (Å²) < 4.78 is 26.9. The van der Waals surface area contributed by atoms with Crippen molar-refractivity contribution in [3.8, 4) is 6.07 Å². The lowest BCUT2D eigenvalue weighted by atomic mass is 10.2. The second kappa shape index (κ2) is 6.07. The molecule has 102 valence electrons. The van der Waals surface area contributed by atoms with E-state index in [0.717, 1.165) is 5.56 Å². The zero-order chi connectivity index (χ0) is 14.6. The highest BCUT2D eigenvalue weighted by Crippen LogP contribution is 2.20. The van der Waals surface area contributed by atoms with Crippen molar-refractivity contribution < 1.29 is 8.42 Å². The Balaban J connectivity index is 2.33. The van der Waals surface area contributed by atoms with Crippen LogP contribution >= 0.6 is 15.9 Å². The Bertz CT molecular complexity index is 749. The molecule has 0 bridgehead atoms. The van der Waals surface area contributed by atoms with Gasteiger partial charge in [-0.15, -0.1) is 0 Å². The number of para-hydroxylation sites is 1. The summed E-state index contributed by atoms with van der Waals surface area (Å²) in [5, 5.41) is 9.63. The molecule has 1 N–H and O–H groups in total. The summed E-state index contributed by atoms with van der Waals surface area (Å²) in [6.07, 6.45) is 0. The summed E-state index contributed by atoms with van der Waals surface area (Å²) in [6.45, 7) is 0. The average Bonchev–Trinajstić information content (AvgIpc) is 2.47. The van der Waals surface area contributed by atoms with Gasteiger partial charge in [-0.05, 0) is 29.8 Å². The van der Waals surface area contributed by atoms with Crippen molar-refractivity contribution in [1.29, 1.82) is 5.26 Å². The number of benzene rings is 2. The van der Waals surface area contributed by atoms with Crippen LogP contribution in [-0.4, -0.2) is 8.42 Å². The first-order valence-corrected chi connectivity index (χ1v) is 8.34. The van der Waals surface area contributed by atoms with Gasteiger partial charge < -0.3 is 0 Å². The number of hydrogen-bond donors (Lipinski definition) is 1. The Morgan fingerprint density at radius 3 is 2.35 bits per heavy atom. The molecule has 0 aromatic heterocycles. The van der Waals surface area contributed by atoms with Gasteiger partial charge in [0.2, 0.25) is 0 Å². The van der Waals surface area contributed by atoms with Gasteiger partial charge in [-0.1, -0.05) is 40.2 Å². The number of nitrogens with one attached hydrogen (secondary N) is 1. The summed E-state index contributed by atoms with van der Waals surface area (Å²) in [7, 11) is -3.69. The highest BCUT2D eigenvalue weighted by atomic mass is 79.9. The maximum atomic E-state index is 12.2. The fourth-order valence-electron chi connectivity index (χ4n) is 1.63. The fraction of sp³-hybridized carbons (Fsp3) is 0.0714. The standard InChI is InChI=1S/C14H11BrN2O2S/c15-9-11-5-7-13(8-6-11)20(18,19)17-14-4-2-1-3-12(14)10-16/h1-8,17H,9H2. The van der Waals surface area contributed by atoms with E-state index >= 15 is 0 Å². The van der Waals surface area contributed by atoms with Crippen molar-refractivity contribution in [3.05, 3.63) is 59.7 Å². The molecule has 2 rings (SSSR count). The minimum atomic E-state index is -3.69. The van der Waals surface area contributed by atoms with Gasteiger partial charge >= 0.3 is 0 Å². The van der Waals surface area contributed by atoms with Crippen molar-refractivity contribution in [3.63, 3.8) is 0 Å². The molecule has 0 aliphatic rings. The van der Waals surface area contributed by atoms with Crippen molar-refractivity contribution in [2.24, 2.45) is 0 Å². The summed E-state index contributed by atoms with van der Waals surface area (Å²) >= 11 is 3.30. The van der Waals surface area contributed by atoms with E-state index in [0.29, 0.717) is 5.33 Å². The van der Waals surface area contributed by atoms with E-state index in [-0.39, 0.29) is 16.1 Å². The fourth-order valence-corrected chi connectivity index (χ4v) is 3.08. The van der Waals surface area contributed by atoms with E-state index < -0.39 is 10.0 Å². The molecule has 2 aromatic carbocycles.